The smallest absolute Gasteiger partial charge is 0.210 e. The van der Waals surface area contributed by atoms with Crippen LogP contribution >= 0.6 is 0 Å². The minimum absolute atomic E-state index is 0.496. The second-order valence-corrected chi connectivity index (χ2v) is 4.28. The van der Waals surface area contributed by atoms with Gasteiger partial charge in [-0.05, 0) is 24.3 Å². The van der Waals surface area contributed by atoms with E-state index < -0.39 is 26.7 Å². The molecule has 1 rings (SSSR count). The summed E-state index contributed by atoms with van der Waals surface area (Å²) in [6, 6.07) is 2.62. The van der Waals surface area contributed by atoms with Crippen LogP contribution in [0.3, 0.4) is 0 Å². The molecule has 0 saturated heterocycles. The largest absolute Gasteiger partial charge is 0.416 e. The minimum Gasteiger partial charge on any atom is -0.210 e. The summed E-state index contributed by atoms with van der Waals surface area (Å²) >= 11 is 0. The van der Waals surface area contributed by atoms with Crippen LogP contribution in [0.1, 0.15) is 5.56 Å². The first kappa shape index (κ1) is 12.4. The molecule has 86 valence electrons. The summed E-state index contributed by atoms with van der Waals surface area (Å²) in [5.41, 5.74) is -0.985. The topological polar surface area (TPSA) is 63.6 Å². The SMILES string of the molecule is O=C=NS(=O)(=O)c1ccc(C(F)(F)F)cc1. The molecule has 0 aliphatic heterocycles. The molecule has 0 atom stereocenters. The van der Waals surface area contributed by atoms with Crippen molar-refractivity contribution in [3.63, 3.8) is 0 Å². The van der Waals surface area contributed by atoms with E-state index >= 15 is 0 Å². The fourth-order valence-electron chi connectivity index (χ4n) is 0.918. The van der Waals surface area contributed by atoms with E-state index in [0.717, 1.165) is 18.2 Å². The Kier molecular flexibility index (Phi) is 3.16. The number of sulfonamides is 1. The van der Waals surface area contributed by atoms with Crippen molar-refractivity contribution in [3.8, 4) is 0 Å². The molecule has 0 fully saturated rings. The molecule has 8 heteroatoms. The Morgan fingerprint density at radius 3 is 2.00 bits per heavy atom. The number of hydrogen-bond donors (Lipinski definition) is 0. The van der Waals surface area contributed by atoms with E-state index in [2.05, 4.69) is 4.40 Å². The van der Waals surface area contributed by atoms with E-state index in [1.807, 2.05) is 0 Å². The van der Waals surface area contributed by atoms with Crippen LogP contribution in [0, 0.1) is 0 Å². The van der Waals surface area contributed by atoms with Crippen molar-refractivity contribution in [1.29, 1.82) is 0 Å². The van der Waals surface area contributed by atoms with Crippen LogP contribution in [-0.2, 0) is 21.0 Å². The van der Waals surface area contributed by atoms with E-state index in [1.54, 1.807) is 0 Å². The molecule has 0 spiro atoms. The second-order valence-electron chi connectivity index (χ2n) is 2.68. The maximum absolute atomic E-state index is 12.1. The standard InChI is InChI=1S/C8H4F3NO3S/c9-8(10,11)6-1-3-7(4-2-6)16(14,15)12-5-13/h1-4H. The number of alkyl halides is 3. The van der Waals surface area contributed by atoms with Gasteiger partial charge >= 0.3 is 6.18 Å². The van der Waals surface area contributed by atoms with Gasteiger partial charge in [0.1, 0.15) is 0 Å². The van der Waals surface area contributed by atoms with Crippen molar-refractivity contribution in [1.82, 2.24) is 0 Å². The van der Waals surface area contributed by atoms with Gasteiger partial charge in [0.05, 0.1) is 10.5 Å². The Morgan fingerprint density at radius 1 is 1.12 bits per heavy atom. The Hall–Kier alpha value is -1.66. The molecule has 0 radical (unpaired) electrons. The lowest BCUT2D eigenvalue weighted by Crippen LogP contribution is -2.05. The van der Waals surface area contributed by atoms with Crippen LogP contribution in [0.5, 0.6) is 0 Å². The molecule has 0 amide bonds. The molecule has 1 aromatic rings. The third-order valence-corrected chi connectivity index (χ3v) is 2.82. The maximum Gasteiger partial charge on any atom is 0.416 e. The van der Waals surface area contributed by atoms with Gasteiger partial charge in [-0.25, -0.2) is 4.79 Å². The number of benzene rings is 1. The summed E-state index contributed by atoms with van der Waals surface area (Å²) in [7, 11) is -4.24. The number of isocyanates is 1. The number of halogens is 3. The Balaban J connectivity index is 3.19. The van der Waals surface area contributed by atoms with Gasteiger partial charge < -0.3 is 0 Å². The predicted molar refractivity (Wildman–Crippen MR) is 46.8 cm³/mol. The van der Waals surface area contributed by atoms with Gasteiger partial charge in [0.15, 0.2) is 0 Å². The van der Waals surface area contributed by atoms with Crippen LogP contribution in [0.25, 0.3) is 0 Å². The third kappa shape index (κ3) is 2.68. The Morgan fingerprint density at radius 2 is 1.62 bits per heavy atom. The van der Waals surface area contributed by atoms with Gasteiger partial charge in [-0.15, -0.1) is 0 Å². The molecular weight excluding hydrogens is 247 g/mol. The lowest BCUT2D eigenvalue weighted by atomic mass is 10.2. The monoisotopic (exact) mass is 251 g/mol. The van der Waals surface area contributed by atoms with Gasteiger partial charge in [0.25, 0.3) is 16.1 Å². The van der Waals surface area contributed by atoms with Crippen molar-refractivity contribution < 1.29 is 26.4 Å². The second kappa shape index (κ2) is 4.07. The highest BCUT2D eigenvalue weighted by atomic mass is 32.2. The fourth-order valence-corrected chi connectivity index (χ4v) is 1.60. The van der Waals surface area contributed by atoms with Crippen molar-refractivity contribution in [2.24, 2.45) is 4.40 Å². The zero-order chi connectivity index (χ0) is 12.4. The molecule has 0 aliphatic carbocycles. The summed E-state index contributed by atoms with van der Waals surface area (Å²) in [6.45, 7) is 0. The molecule has 4 nitrogen and oxygen atoms in total. The third-order valence-electron chi connectivity index (χ3n) is 1.64. The van der Waals surface area contributed by atoms with Gasteiger partial charge in [-0.3, -0.25) is 0 Å². The molecule has 0 aromatic heterocycles. The lowest BCUT2D eigenvalue weighted by Gasteiger charge is -2.06. The van der Waals surface area contributed by atoms with Crippen LogP contribution < -0.4 is 0 Å². The first-order chi connectivity index (χ1) is 7.27. The van der Waals surface area contributed by atoms with Crippen molar-refractivity contribution in [3.05, 3.63) is 29.8 Å². The molecule has 0 bridgehead atoms. The quantitative estimate of drug-likeness (QED) is 0.594. The fraction of sp³-hybridized carbons (Fsp3) is 0.125. The molecule has 1 aromatic carbocycles. The highest BCUT2D eigenvalue weighted by Gasteiger charge is 2.30. The average Bonchev–Trinajstić information content (AvgIpc) is 2.16. The van der Waals surface area contributed by atoms with Crippen molar-refractivity contribution in [2.45, 2.75) is 11.1 Å². The first-order valence-electron chi connectivity index (χ1n) is 3.79. The van der Waals surface area contributed by atoms with Gasteiger partial charge in [-0.1, -0.05) is 4.40 Å². The van der Waals surface area contributed by atoms with Crippen molar-refractivity contribution >= 4 is 16.1 Å². The first-order valence-corrected chi connectivity index (χ1v) is 5.23. The maximum atomic E-state index is 12.1. The Bertz CT molecular complexity index is 527. The van der Waals surface area contributed by atoms with Gasteiger partial charge in [-0.2, -0.15) is 21.6 Å². The normalized spacial score (nSPS) is 11.9. The van der Waals surface area contributed by atoms with Gasteiger partial charge in [0.2, 0.25) is 0 Å². The van der Waals surface area contributed by atoms with Gasteiger partial charge in [0, 0.05) is 0 Å². The lowest BCUT2D eigenvalue weighted by molar-refractivity contribution is -0.137. The predicted octanol–water partition coefficient (Wildman–Crippen LogP) is 1.73. The molecule has 0 aliphatic rings. The zero-order valence-electron chi connectivity index (χ0n) is 7.52. The number of carbonyl (C=O) groups excluding carboxylic acids is 1. The summed E-state index contributed by atoms with van der Waals surface area (Å²) in [4.78, 5) is 9.27. The van der Waals surface area contributed by atoms with E-state index in [9.17, 15) is 26.4 Å². The highest BCUT2D eigenvalue weighted by molar-refractivity contribution is 7.90. The van der Waals surface area contributed by atoms with E-state index in [4.69, 9.17) is 0 Å². The average molecular weight is 251 g/mol. The minimum atomic E-state index is -4.55. The molecule has 0 saturated carbocycles. The summed E-state index contributed by atoms with van der Waals surface area (Å²) in [6.07, 6.45) is -3.73. The number of rotatable bonds is 2. The molecule has 0 heterocycles. The van der Waals surface area contributed by atoms with Crippen LogP contribution in [0.2, 0.25) is 0 Å². The molecule has 0 N–H and O–H groups in total. The highest BCUT2D eigenvalue weighted by Crippen LogP contribution is 2.29. The number of nitrogens with zero attached hydrogens (tertiary/aromatic N) is 1. The van der Waals surface area contributed by atoms with Crippen LogP contribution in [-0.4, -0.2) is 14.5 Å². The molecule has 0 unspecified atom stereocenters. The molecular formula is C8H4F3NO3S. The number of hydrogen-bond acceptors (Lipinski definition) is 3. The zero-order valence-corrected chi connectivity index (χ0v) is 8.34. The summed E-state index contributed by atoms with van der Waals surface area (Å²) in [5, 5.41) is 0. The van der Waals surface area contributed by atoms with Crippen molar-refractivity contribution in [2.75, 3.05) is 0 Å². The van der Waals surface area contributed by atoms with E-state index in [-0.39, 0.29) is 0 Å². The van der Waals surface area contributed by atoms with E-state index in [0.29, 0.717) is 12.1 Å². The van der Waals surface area contributed by atoms with Crippen LogP contribution in [0.15, 0.2) is 33.6 Å². The molecule has 16 heavy (non-hydrogen) atoms. The van der Waals surface area contributed by atoms with E-state index in [1.165, 1.54) is 0 Å². The Labute approximate surface area is 88.5 Å². The summed E-state index contributed by atoms with van der Waals surface area (Å²) < 4.78 is 61.1. The summed E-state index contributed by atoms with van der Waals surface area (Å²) in [5.74, 6) is 0. The van der Waals surface area contributed by atoms with Crippen LogP contribution in [0.4, 0.5) is 13.2 Å².